The van der Waals surface area contributed by atoms with Gasteiger partial charge in [0.25, 0.3) is 0 Å². The van der Waals surface area contributed by atoms with Crippen molar-refractivity contribution in [2.75, 3.05) is 0 Å². The van der Waals surface area contributed by atoms with Gasteiger partial charge >= 0.3 is 0 Å². The van der Waals surface area contributed by atoms with Gasteiger partial charge in [0, 0.05) is 0 Å². The Morgan fingerprint density at radius 2 is 1.08 bits per heavy atom. The van der Waals surface area contributed by atoms with Crippen LogP contribution in [0.15, 0.2) is 60.7 Å². The van der Waals surface area contributed by atoms with E-state index >= 15 is 0 Å². The fourth-order valence-corrected chi connectivity index (χ4v) is 3.83. The SMILES string of the molecule is CC(C)(C)c1cc(-c2cccc3c2=c2ccccc2=3)cc(C(C)(C)C)c1. The van der Waals surface area contributed by atoms with E-state index in [4.69, 9.17) is 0 Å². The molecule has 0 unspecified atom stereocenters. The number of hydrogen-bond acceptors (Lipinski definition) is 0. The molecule has 1 aliphatic carbocycles. The maximum atomic E-state index is 2.40. The molecule has 0 heteroatoms. The molecule has 0 radical (unpaired) electrons. The van der Waals surface area contributed by atoms with Crippen molar-refractivity contribution in [2.45, 2.75) is 52.4 Å². The molecule has 4 rings (SSSR count). The lowest BCUT2D eigenvalue weighted by molar-refractivity contribution is 0.569. The molecule has 0 saturated heterocycles. The van der Waals surface area contributed by atoms with Crippen molar-refractivity contribution in [1.82, 2.24) is 0 Å². The summed E-state index contributed by atoms with van der Waals surface area (Å²) in [7, 11) is 0. The molecule has 0 nitrogen and oxygen atoms in total. The Labute approximate surface area is 156 Å². The summed E-state index contributed by atoms with van der Waals surface area (Å²) in [6.07, 6.45) is 0. The second kappa shape index (κ2) is 5.58. The highest BCUT2D eigenvalue weighted by molar-refractivity contribution is 5.68. The third-order valence-corrected chi connectivity index (χ3v) is 5.53. The first-order chi connectivity index (χ1) is 12.2. The second-order valence-electron chi connectivity index (χ2n) is 9.57. The topological polar surface area (TPSA) is 0 Å². The zero-order valence-corrected chi connectivity index (χ0v) is 16.8. The molecule has 0 atom stereocenters. The summed E-state index contributed by atoms with van der Waals surface area (Å²) in [5.74, 6) is 0. The molecule has 0 saturated carbocycles. The van der Waals surface area contributed by atoms with Crippen LogP contribution >= 0.6 is 0 Å². The second-order valence-corrected chi connectivity index (χ2v) is 9.57. The summed E-state index contributed by atoms with van der Waals surface area (Å²) in [6.45, 7) is 13.8. The minimum atomic E-state index is 0.135. The molecule has 1 aliphatic rings. The summed E-state index contributed by atoms with van der Waals surface area (Å²) in [6, 6.07) is 22.7. The molecule has 0 aliphatic heterocycles. The zero-order valence-electron chi connectivity index (χ0n) is 16.8. The van der Waals surface area contributed by atoms with Gasteiger partial charge in [0.2, 0.25) is 0 Å². The van der Waals surface area contributed by atoms with E-state index in [2.05, 4.69) is 102 Å². The van der Waals surface area contributed by atoms with Gasteiger partial charge in [-0.1, -0.05) is 102 Å². The molecule has 0 fully saturated rings. The van der Waals surface area contributed by atoms with Gasteiger partial charge in [0.1, 0.15) is 0 Å². The molecule has 132 valence electrons. The summed E-state index contributed by atoms with van der Waals surface area (Å²) in [5.41, 5.74) is 5.78. The Morgan fingerprint density at radius 1 is 0.538 bits per heavy atom. The van der Waals surface area contributed by atoms with Gasteiger partial charge in [-0.2, -0.15) is 0 Å². The van der Waals surface area contributed by atoms with Crippen LogP contribution in [0.5, 0.6) is 0 Å². The van der Waals surface area contributed by atoms with Crippen molar-refractivity contribution < 1.29 is 0 Å². The smallest absolute Gasteiger partial charge is 0.00204 e. The number of hydrogen-bond donors (Lipinski definition) is 0. The van der Waals surface area contributed by atoms with Crippen LogP contribution in [0.4, 0.5) is 0 Å². The van der Waals surface area contributed by atoms with E-state index < -0.39 is 0 Å². The lowest BCUT2D eigenvalue weighted by Gasteiger charge is -2.26. The van der Waals surface area contributed by atoms with Crippen molar-refractivity contribution in [3.05, 3.63) is 92.7 Å². The third kappa shape index (κ3) is 2.69. The molecule has 0 bridgehead atoms. The van der Waals surface area contributed by atoms with Gasteiger partial charge < -0.3 is 0 Å². The molecular formula is C26H28. The predicted molar refractivity (Wildman–Crippen MR) is 111 cm³/mol. The maximum Gasteiger partial charge on any atom is -0.00204 e. The Hall–Kier alpha value is -2.34. The lowest BCUT2D eigenvalue weighted by atomic mass is 9.78. The number of fused-ring (bicyclic) bond motifs is 2. The number of benzene rings is 3. The summed E-state index contributed by atoms with van der Waals surface area (Å²) < 4.78 is 0. The highest BCUT2D eigenvalue weighted by Crippen LogP contribution is 2.35. The average molecular weight is 341 g/mol. The van der Waals surface area contributed by atoms with E-state index in [0.717, 1.165) is 0 Å². The van der Waals surface area contributed by atoms with Crippen molar-refractivity contribution in [1.29, 1.82) is 0 Å². The van der Waals surface area contributed by atoms with Crippen LogP contribution in [0.2, 0.25) is 0 Å². The molecule has 0 amide bonds. The summed E-state index contributed by atoms with van der Waals surface area (Å²) in [4.78, 5) is 0. The quantitative estimate of drug-likeness (QED) is 0.356. The van der Waals surface area contributed by atoms with Gasteiger partial charge in [-0.15, -0.1) is 0 Å². The maximum absolute atomic E-state index is 2.40. The molecular weight excluding hydrogens is 312 g/mol. The predicted octanol–water partition coefficient (Wildman–Crippen LogP) is 6.84. The molecule has 0 spiro atoms. The van der Waals surface area contributed by atoms with E-state index in [-0.39, 0.29) is 10.8 Å². The van der Waals surface area contributed by atoms with Crippen LogP contribution in [-0.2, 0) is 10.8 Å². The highest BCUT2D eigenvalue weighted by atomic mass is 14.3. The fourth-order valence-electron chi connectivity index (χ4n) is 3.83. The minimum Gasteiger partial charge on any atom is -0.0616 e. The monoisotopic (exact) mass is 340 g/mol. The van der Waals surface area contributed by atoms with E-state index in [1.54, 1.807) is 0 Å². The van der Waals surface area contributed by atoms with Crippen molar-refractivity contribution in [3.63, 3.8) is 0 Å². The highest BCUT2D eigenvalue weighted by Gasteiger charge is 2.21. The number of rotatable bonds is 1. The summed E-state index contributed by atoms with van der Waals surface area (Å²) >= 11 is 0. The fraction of sp³-hybridized carbons (Fsp3) is 0.308. The van der Waals surface area contributed by atoms with Crippen molar-refractivity contribution >= 4 is 0 Å². The summed E-state index contributed by atoms with van der Waals surface area (Å²) in [5, 5.41) is 5.56. The van der Waals surface area contributed by atoms with Gasteiger partial charge in [-0.25, -0.2) is 0 Å². The van der Waals surface area contributed by atoms with Gasteiger partial charge in [0.05, 0.1) is 0 Å². The van der Waals surface area contributed by atoms with E-state index in [1.807, 2.05) is 0 Å². The van der Waals surface area contributed by atoms with E-state index in [0.29, 0.717) is 0 Å². The van der Waals surface area contributed by atoms with Gasteiger partial charge in [-0.05, 0) is 54.0 Å². The van der Waals surface area contributed by atoms with Crippen LogP contribution < -0.4 is 0 Å². The van der Waals surface area contributed by atoms with Gasteiger partial charge in [0.15, 0.2) is 0 Å². The first kappa shape index (κ1) is 17.1. The molecule has 0 aromatic heterocycles. The Balaban J connectivity index is 2.05. The molecule has 0 heterocycles. The first-order valence-electron chi connectivity index (χ1n) is 9.55. The average Bonchev–Trinajstić information content (AvgIpc) is 2.57. The molecule has 0 N–H and O–H groups in total. The molecule has 3 aromatic rings. The van der Waals surface area contributed by atoms with Crippen LogP contribution in [-0.4, -0.2) is 0 Å². The van der Waals surface area contributed by atoms with Crippen LogP contribution in [0.1, 0.15) is 52.7 Å². The van der Waals surface area contributed by atoms with Crippen molar-refractivity contribution in [2.24, 2.45) is 0 Å². The van der Waals surface area contributed by atoms with Crippen LogP contribution in [0.25, 0.3) is 11.1 Å². The van der Waals surface area contributed by atoms with Gasteiger partial charge in [-0.3, -0.25) is 0 Å². The van der Waals surface area contributed by atoms with Crippen LogP contribution in [0, 0.1) is 20.9 Å². The third-order valence-electron chi connectivity index (χ3n) is 5.53. The largest absolute Gasteiger partial charge is 0.0616 e. The Kier molecular flexibility index (Phi) is 3.67. The zero-order chi connectivity index (χ0) is 18.7. The minimum absolute atomic E-state index is 0.135. The van der Waals surface area contributed by atoms with Crippen LogP contribution in [0.3, 0.4) is 0 Å². The Bertz CT molecular complexity index is 1150. The van der Waals surface area contributed by atoms with E-state index in [1.165, 1.54) is 43.1 Å². The molecule has 3 aromatic carbocycles. The molecule has 26 heavy (non-hydrogen) atoms. The van der Waals surface area contributed by atoms with Crippen molar-refractivity contribution in [3.8, 4) is 11.1 Å². The first-order valence-corrected chi connectivity index (χ1v) is 9.55. The van der Waals surface area contributed by atoms with E-state index in [9.17, 15) is 0 Å². The Morgan fingerprint density at radius 3 is 1.65 bits per heavy atom. The normalized spacial score (nSPS) is 13.0. The lowest BCUT2D eigenvalue weighted by Crippen LogP contribution is -2.16. The standard InChI is InChI=1S/C26H28/c1-25(2,3)18-14-17(15-19(16-18)26(4,5)6)20-12-9-13-23-21-10-7-8-11-22(21)24(20)23/h7-16H,1-6H3.